The van der Waals surface area contributed by atoms with Gasteiger partial charge in [0.05, 0.1) is 12.5 Å². The van der Waals surface area contributed by atoms with E-state index in [2.05, 4.69) is 35.8 Å². The van der Waals surface area contributed by atoms with Gasteiger partial charge in [-0.3, -0.25) is 0 Å². The molecule has 3 aromatic heterocycles. The summed E-state index contributed by atoms with van der Waals surface area (Å²) >= 11 is 1.83. The van der Waals surface area contributed by atoms with Crippen LogP contribution >= 0.6 is 11.3 Å². The molecule has 0 radical (unpaired) electrons. The predicted molar refractivity (Wildman–Crippen MR) is 92.3 cm³/mol. The molecule has 6 heteroatoms. The van der Waals surface area contributed by atoms with E-state index in [0.717, 1.165) is 29.2 Å². The van der Waals surface area contributed by atoms with Gasteiger partial charge in [-0.1, -0.05) is 27.2 Å². The van der Waals surface area contributed by atoms with Gasteiger partial charge in [0.15, 0.2) is 5.65 Å². The van der Waals surface area contributed by atoms with Crippen molar-refractivity contribution in [1.29, 1.82) is 0 Å². The van der Waals surface area contributed by atoms with Crippen LogP contribution in [0, 0.1) is 11.3 Å². The van der Waals surface area contributed by atoms with Gasteiger partial charge in [0.2, 0.25) is 0 Å². The highest BCUT2D eigenvalue weighted by Crippen LogP contribution is 2.44. The first-order valence-corrected chi connectivity index (χ1v) is 9.04. The van der Waals surface area contributed by atoms with Crippen molar-refractivity contribution in [2.75, 3.05) is 7.11 Å². The fourth-order valence-electron chi connectivity index (χ4n) is 3.60. The third kappa shape index (κ3) is 2.23. The number of rotatable bonds is 3. The summed E-state index contributed by atoms with van der Waals surface area (Å²) in [5.74, 6) is 0.747. The Morgan fingerprint density at radius 3 is 3.00 bits per heavy atom. The number of fused-ring (bicyclic) bond motifs is 5. The number of nitrogens with zero attached hydrogens (tertiary/aromatic N) is 4. The summed E-state index contributed by atoms with van der Waals surface area (Å²) in [4.78, 5) is 11.7. The number of hydrogen-bond acceptors (Lipinski definition) is 5. The Hall–Kier alpha value is -1.69. The van der Waals surface area contributed by atoms with Crippen molar-refractivity contribution in [1.82, 2.24) is 19.6 Å². The van der Waals surface area contributed by atoms with E-state index in [4.69, 9.17) is 4.74 Å². The Labute approximate surface area is 139 Å². The fraction of sp³-hybridized carbons (Fsp3) is 0.588. The molecule has 0 saturated heterocycles. The van der Waals surface area contributed by atoms with Crippen molar-refractivity contribution >= 4 is 27.2 Å². The number of hydrogen-bond donors (Lipinski definition) is 0. The van der Waals surface area contributed by atoms with Crippen LogP contribution in [0.4, 0.5) is 0 Å². The smallest absolute Gasteiger partial charge is 0.336 e. The van der Waals surface area contributed by atoms with Gasteiger partial charge >= 0.3 is 6.01 Å². The van der Waals surface area contributed by atoms with E-state index < -0.39 is 0 Å². The lowest BCUT2D eigenvalue weighted by Crippen LogP contribution is -2.28. The molecule has 0 bridgehead atoms. The minimum atomic E-state index is 0.398. The Balaban J connectivity index is 1.85. The van der Waals surface area contributed by atoms with E-state index in [-0.39, 0.29) is 0 Å². The Kier molecular flexibility index (Phi) is 3.34. The van der Waals surface area contributed by atoms with E-state index >= 15 is 0 Å². The van der Waals surface area contributed by atoms with Gasteiger partial charge in [0, 0.05) is 4.88 Å². The summed E-state index contributed by atoms with van der Waals surface area (Å²) in [6, 6.07) is 0.403. The molecule has 3 aromatic rings. The quantitative estimate of drug-likeness (QED) is 0.731. The second-order valence-electron chi connectivity index (χ2n) is 7.08. The lowest BCUT2D eigenvalue weighted by atomic mass is 9.70. The van der Waals surface area contributed by atoms with E-state index in [1.54, 1.807) is 18.0 Å². The average molecular weight is 330 g/mol. The molecule has 1 aliphatic rings. The molecule has 0 aliphatic heterocycles. The van der Waals surface area contributed by atoms with Crippen LogP contribution < -0.4 is 4.74 Å². The van der Waals surface area contributed by atoms with Crippen LogP contribution in [0.15, 0.2) is 6.33 Å². The molecule has 0 amide bonds. The van der Waals surface area contributed by atoms with Crippen LogP contribution in [-0.2, 0) is 12.8 Å². The summed E-state index contributed by atoms with van der Waals surface area (Å²) < 4.78 is 6.91. The summed E-state index contributed by atoms with van der Waals surface area (Å²) in [5.41, 5.74) is 2.70. The summed E-state index contributed by atoms with van der Waals surface area (Å²) in [6.45, 7) is 7.10. The van der Waals surface area contributed by atoms with Crippen LogP contribution in [0.25, 0.3) is 15.9 Å². The normalized spacial score (nSPS) is 18.5. The van der Waals surface area contributed by atoms with Crippen molar-refractivity contribution < 1.29 is 4.74 Å². The number of aryl methyl sites for hydroxylation is 1. The highest BCUT2D eigenvalue weighted by molar-refractivity contribution is 7.19. The summed E-state index contributed by atoms with van der Waals surface area (Å²) in [6.07, 6.45) is 6.48. The Bertz CT molecular complexity index is 880. The molecule has 0 aromatic carbocycles. The van der Waals surface area contributed by atoms with Crippen LogP contribution in [0.5, 0.6) is 6.01 Å². The van der Waals surface area contributed by atoms with Gasteiger partial charge in [-0.15, -0.1) is 16.4 Å². The number of methoxy groups -OCH3 is 1. The highest BCUT2D eigenvalue weighted by atomic mass is 32.1. The molecular formula is C17H22N4OS. The van der Waals surface area contributed by atoms with Gasteiger partial charge in [-0.25, -0.2) is 4.98 Å². The fourth-order valence-corrected chi connectivity index (χ4v) is 4.86. The standard InChI is InChI=1S/C17H22N4OS/c1-5-17(2,3)10-6-7-11-12(8-10)23-15-13(11)14-19-16(22-4)20-21(14)9-18-15/h9-10H,5-8H2,1-4H3. The number of ether oxygens (including phenoxy) is 1. The van der Waals surface area contributed by atoms with E-state index in [1.165, 1.54) is 28.7 Å². The van der Waals surface area contributed by atoms with Crippen molar-refractivity contribution in [2.24, 2.45) is 11.3 Å². The maximum Gasteiger partial charge on any atom is 0.336 e. The van der Waals surface area contributed by atoms with E-state index in [9.17, 15) is 0 Å². The third-order valence-electron chi connectivity index (χ3n) is 5.57. The molecule has 3 heterocycles. The summed E-state index contributed by atoms with van der Waals surface area (Å²) in [5, 5.41) is 5.48. The monoisotopic (exact) mass is 330 g/mol. The number of thiophene rings is 1. The van der Waals surface area contributed by atoms with Crippen LogP contribution in [-0.4, -0.2) is 26.7 Å². The van der Waals surface area contributed by atoms with Gasteiger partial charge in [0.25, 0.3) is 0 Å². The largest absolute Gasteiger partial charge is 0.466 e. The van der Waals surface area contributed by atoms with Crippen molar-refractivity contribution in [2.45, 2.75) is 46.5 Å². The molecule has 5 nitrogen and oxygen atoms in total. The molecule has 0 fully saturated rings. The lowest BCUT2D eigenvalue weighted by molar-refractivity contribution is 0.184. The molecule has 23 heavy (non-hydrogen) atoms. The maximum absolute atomic E-state index is 5.18. The first-order valence-electron chi connectivity index (χ1n) is 8.23. The van der Waals surface area contributed by atoms with Crippen LogP contribution in [0.1, 0.15) is 44.1 Å². The van der Waals surface area contributed by atoms with Gasteiger partial charge < -0.3 is 4.74 Å². The third-order valence-corrected chi connectivity index (χ3v) is 6.73. The predicted octanol–water partition coefficient (Wildman–Crippen LogP) is 3.89. The zero-order chi connectivity index (χ0) is 16.2. The first kappa shape index (κ1) is 14.9. The maximum atomic E-state index is 5.18. The molecule has 0 saturated carbocycles. The van der Waals surface area contributed by atoms with Crippen LogP contribution in [0.3, 0.4) is 0 Å². The first-order chi connectivity index (χ1) is 11.0. The zero-order valence-corrected chi connectivity index (χ0v) is 14.9. The molecule has 122 valence electrons. The molecule has 1 unspecified atom stereocenters. The minimum Gasteiger partial charge on any atom is -0.466 e. The summed E-state index contributed by atoms with van der Waals surface area (Å²) in [7, 11) is 1.60. The SMILES string of the molecule is CCC(C)(C)C1CCc2c(sc3ncn4nc(OC)nc4c23)C1. The highest BCUT2D eigenvalue weighted by Gasteiger charge is 2.33. The molecule has 1 atom stereocenters. The van der Waals surface area contributed by atoms with Crippen molar-refractivity contribution in [3.63, 3.8) is 0 Å². The molecular weight excluding hydrogens is 308 g/mol. The molecule has 1 aliphatic carbocycles. The molecule has 0 spiro atoms. The molecule has 0 N–H and O–H groups in total. The lowest BCUT2D eigenvalue weighted by Gasteiger charge is -2.36. The zero-order valence-electron chi connectivity index (χ0n) is 14.1. The number of aromatic nitrogens is 4. The van der Waals surface area contributed by atoms with E-state index in [1.807, 2.05) is 11.3 Å². The topological polar surface area (TPSA) is 52.3 Å². The van der Waals surface area contributed by atoms with Crippen molar-refractivity contribution in [3.8, 4) is 6.01 Å². The van der Waals surface area contributed by atoms with Crippen LogP contribution in [0.2, 0.25) is 0 Å². The molecule has 4 rings (SSSR count). The van der Waals surface area contributed by atoms with Gasteiger partial charge in [-0.2, -0.15) is 9.50 Å². The Morgan fingerprint density at radius 1 is 1.43 bits per heavy atom. The average Bonchev–Trinajstić information content (AvgIpc) is 3.13. The minimum absolute atomic E-state index is 0.398. The Morgan fingerprint density at radius 2 is 2.26 bits per heavy atom. The van der Waals surface area contributed by atoms with Gasteiger partial charge in [-0.05, 0) is 36.2 Å². The second kappa shape index (κ2) is 5.16. The second-order valence-corrected chi connectivity index (χ2v) is 8.16. The van der Waals surface area contributed by atoms with Gasteiger partial charge in [0.1, 0.15) is 11.2 Å². The van der Waals surface area contributed by atoms with Crippen molar-refractivity contribution in [3.05, 3.63) is 16.8 Å². The van der Waals surface area contributed by atoms with E-state index in [0.29, 0.717) is 11.4 Å².